The van der Waals surface area contributed by atoms with E-state index in [2.05, 4.69) is 10.4 Å². The topological polar surface area (TPSA) is 72.9 Å². The van der Waals surface area contributed by atoms with Crippen molar-refractivity contribution in [2.75, 3.05) is 12.3 Å². The second-order valence-electron chi connectivity index (χ2n) is 7.63. The highest BCUT2D eigenvalue weighted by Crippen LogP contribution is 2.25. The maximum Gasteiger partial charge on any atom is 0.251 e. The molecule has 1 heterocycles. The van der Waals surface area contributed by atoms with Gasteiger partial charge in [0.2, 0.25) is 0 Å². The summed E-state index contributed by atoms with van der Waals surface area (Å²) in [7, 11) is 0. The van der Waals surface area contributed by atoms with Crippen molar-refractivity contribution in [3.05, 3.63) is 65.2 Å². The largest absolute Gasteiger partial charge is 0.384 e. The van der Waals surface area contributed by atoms with E-state index in [9.17, 15) is 4.79 Å². The van der Waals surface area contributed by atoms with Crippen molar-refractivity contribution in [3.8, 4) is 16.9 Å². The number of aromatic nitrogens is 2. The Morgan fingerprint density at radius 2 is 1.76 bits per heavy atom. The lowest BCUT2D eigenvalue weighted by atomic mass is 9.89. The van der Waals surface area contributed by atoms with Crippen LogP contribution in [0.2, 0.25) is 5.02 Å². The molecule has 0 atom stereocenters. The first kappa shape index (κ1) is 19.5. The summed E-state index contributed by atoms with van der Waals surface area (Å²) in [5.41, 5.74) is 9.34. The molecule has 29 heavy (non-hydrogen) atoms. The molecule has 150 valence electrons. The summed E-state index contributed by atoms with van der Waals surface area (Å²) >= 11 is 5.96. The van der Waals surface area contributed by atoms with Crippen LogP contribution in [0, 0.1) is 5.92 Å². The zero-order valence-corrected chi connectivity index (χ0v) is 17.0. The summed E-state index contributed by atoms with van der Waals surface area (Å²) in [5.74, 6) is 1.11. The molecular formula is C23H25ClN4O. The Hall–Kier alpha value is -2.79. The fraction of sp³-hybridized carbons (Fsp3) is 0.304. The molecule has 4 rings (SSSR count). The first-order valence-corrected chi connectivity index (χ1v) is 10.5. The van der Waals surface area contributed by atoms with Crippen LogP contribution in [0.4, 0.5) is 5.82 Å². The first-order valence-electron chi connectivity index (χ1n) is 10.1. The van der Waals surface area contributed by atoms with Crippen molar-refractivity contribution in [2.24, 2.45) is 5.92 Å². The molecule has 2 aromatic carbocycles. The number of nitrogen functional groups attached to an aromatic ring is 1. The van der Waals surface area contributed by atoms with E-state index in [1.165, 1.54) is 32.1 Å². The Morgan fingerprint density at radius 1 is 1.07 bits per heavy atom. The van der Waals surface area contributed by atoms with Crippen LogP contribution in [0.15, 0.2) is 54.6 Å². The molecule has 6 heteroatoms. The first-order chi connectivity index (χ1) is 14.1. The lowest BCUT2D eigenvalue weighted by Crippen LogP contribution is -2.30. The summed E-state index contributed by atoms with van der Waals surface area (Å²) in [6, 6.07) is 16.7. The molecule has 0 spiro atoms. The van der Waals surface area contributed by atoms with Crippen molar-refractivity contribution in [1.82, 2.24) is 15.1 Å². The van der Waals surface area contributed by atoms with Gasteiger partial charge in [0, 0.05) is 28.8 Å². The number of benzene rings is 2. The summed E-state index contributed by atoms with van der Waals surface area (Å²) < 4.78 is 1.67. The molecule has 1 amide bonds. The van der Waals surface area contributed by atoms with Crippen LogP contribution in [-0.2, 0) is 0 Å². The van der Waals surface area contributed by atoms with E-state index in [4.69, 9.17) is 17.3 Å². The quantitative estimate of drug-likeness (QED) is 0.617. The molecule has 0 bridgehead atoms. The Kier molecular flexibility index (Phi) is 5.86. The number of anilines is 1. The van der Waals surface area contributed by atoms with Gasteiger partial charge in [-0.05, 0) is 55.2 Å². The third kappa shape index (κ3) is 4.62. The van der Waals surface area contributed by atoms with Gasteiger partial charge >= 0.3 is 0 Å². The maximum atomic E-state index is 12.4. The molecular weight excluding hydrogens is 384 g/mol. The lowest BCUT2D eigenvalue weighted by molar-refractivity contribution is 0.0943. The molecule has 1 aliphatic rings. The minimum Gasteiger partial charge on any atom is -0.384 e. The smallest absolute Gasteiger partial charge is 0.251 e. The summed E-state index contributed by atoms with van der Waals surface area (Å²) in [5, 5.41) is 8.35. The monoisotopic (exact) mass is 408 g/mol. The maximum absolute atomic E-state index is 12.4. The Labute approximate surface area is 175 Å². The molecule has 0 radical (unpaired) electrons. The molecule has 1 aliphatic carbocycles. The second kappa shape index (κ2) is 8.70. The summed E-state index contributed by atoms with van der Waals surface area (Å²) in [4.78, 5) is 12.4. The van der Waals surface area contributed by atoms with Crippen LogP contribution in [0.5, 0.6) is 0 Å². The highest BCUT2D eigenvalue weighted by atomic mass is 35.5. The fourth-order valence-electron chi connectivity index (χ4n) is 3.85. The molecule has 1 fully saturated rings. The van der Waals surface area contributed by atoms with Gasteiger partial charge in [-0.15, -0.1) is 0 Å². The molecule has 3 aromatic rings. The molecule has 3 N–H and O–H groups in total. The SMILES string of the molecule is Nc1cc(-c2ccc(Cl)cc2)nn1-c1ccc(C(=O)NCC2CCCCC2)cc1. The molecule has 0 aliphatic heterocycles. The van der Waals surface area contributed by atoms with Gasteiger partial charge in [0.05, 0.1) is 11.4 Å². The van der Waals surface area contributed by atoms with E-state index < -0.39 is 0 Å². The molecule has 1 aromatic heterocycles. The van der Waals surface area contributed by atoms with Crippen molar-refractivity contribution >= 4 is 23.3 Å². The highest BCUT2D eigenvalue weighted by molar-refractivity contribution is 6.30. The number of nitrogens with one attached hydrogen (secondary N) is 1. The standard InChI is InChI=1S/C23H25ClN4O/c24-19-10-6-17(7-11-19)21-14-22(25)28(27-21)20-12-8-18(9-13-20)23(29)26-15-16-4-2-1-3-5-16/h6-14,16H,1-5,15,25H2,(H,26,29). The number of rotatable bonds is 5. The number of hydrogen-bond acceptors (Lipinski definition) is 3. The van der Waals surface area contributed by atoms with Crippen LogP contribution in [0.1, 0.15) is 42.5 Å². The van der Waals surface area contributed by atoms with Gasteiger partial charge in [-0.1, -0.05) is 43.0 Å². The number of carbonyl (C=O) groups excluding carboxylic acids is 1. The average molecular weight is 409 g/mol. The molecule has 5 nitrogen and oxygen atoms in total. The number of nitrogens with two attached hydrogens (primary N) is 1. The van der Waals surface area contributed by atoms with E-state index in [1.54, 1.807) is 4.68 Å². The van der Waals surface area contributed by atoms with Crippen molar-refractivity contribution in [2.45, 2.75) is 32.1 Å². The van der Waals surface area contributed by atoms with Crippen LogP contribution < -0.4 is 11.1 Å². The van der Waals surface area contributed by atoms with Gasteiger partial charge in [0.1, 0.15) is 5.82 Å². The third-order valence-corrected chi connectivity index (χ3v) is 5.78. The van der Waals surface area contributed by atoms with E-state index in [0.717, 1.165) is 23.5 Å². The number of nitrogens with zero attached hydrogens (tertiary/aromatic N) is 2. The minimum absolute atomic E-state index is 0.0302. The predicted molar refractivity (Wildman–Crippen MR) is 117 cm³/mol. The minimum atomic E-state index is -0.0302. The Morgan fingerprint density at radius 3 is 2.45 bits per heavy atom. The highest BCUT2D eigenvalue weighted by Gasteiger charge is 2.15. The van der Waals surface area contributed by atoms with Crippen LogP contribution >= 0.6 is 11.6 Å². The average Bonchev–Trinajstić information content (AvgIpc) is 3.15. The number of carbonyl (C=O) groups is 1. The van der Waals surface area contributed by atoms with Gasteiger partial charge < -0.3 is 11.1 Å². The third-order valence-electron chi connectivity index (χ3n) is 5.53. The van der Waals surface area contributed by atoms with E-state index >= 15 is 0 Å². The van der Waals surface area contributed by atoms with Gasteiger partial charge in [-0.2, -0.15) is 5.10 Å². The van der Waals surface area contributed by atoms with Crippen LogP contribution in [0.25, 0.3) is 16.9 Å². The van der Waals surface area contributed by atoms with E-state index in [1.807, 2.05) is 54.6 Å². The van der Waals surface area contributed by atoms with Gasteiger partial charge in [-0.3, -0.25) is 4.79 Å². The number of amides is 1. The predicted octanol–water partition coefficient (Wildman–Crippen LogP) is 5.09. The zero-order chi connectivity index (χ0) is 20.2. The Balaban J connectivity index is 1.45. The second-order valence-corrected chi connectivity index (χ2v) is 8.07. The fourth-order valence-corrected chi connectivity index (χ4v) is 3.97. The van der Waals surface area contributed by atoms with Crippen molar-refractivity contribution < 1.29 is 4.79 Å². The van der Waals surface area contributed by atoms with Gasteiger partial charge in [0.15, 0.2) is 0 Å². The van der Waals surface area contributed by atoms with E-state index in [-0.39, 0.29) is 5.91 Å². The van der Waals surface area contributed by atoms with Crippen LogP contribution in [-0.4, -0.2) is 22.2 Å². The molecule has 0 saturated heterocycles. The summed E-state index contributed by atoms with van der Waals surface area (Å²) in [6.07, 6.45) is 6.31. The van der Waals surface area contributed by atoms with Crippen molar-refractivity contribution in [1.29, 1.82) is 0 Å². The normalized spacial score (nSPS) is 14.7. The lowest BCUT2D eigenvalue weighted by Gasteiger charge is -2.21. The van der Waals surface area contributed by atoms with Gasteiger partial charge in [0.25, 0.3) is 5.91 Å². The molecule has 0 unspecified atom stereocenters. The number of halogens is 1. The Bertz CT molecular complexity index is 973. The zero-order valence-electron chi connectivity index (χ0n) is 16.3. The van der Waals surface area contributed by atoms with Gasteiger partial charge in [-0.25, -0.2) is 4.68 Å². The van der Waals surface area contributed by atoms with Crippen molar-refractivity contribution in [3.63, 3.8) is 0 Å². The van der Waals surface area contributed by atoms with Crippen LogP contribution in [0.3, 0.4) is 0 Å². The summed E-state index contributed by atoms with van der Waals surface area (Å²) in [6.45, 7) is 0.761. The molecule has 1 saturated carbocycles. The van der Waals surface area contributed by atoms with E-state index in [0.29, 0.717) is 22.3 Å². The number of hydrogen-bond donors (Lipinski definition) is 2.